The van der Waals surface area contributed by atoms with Crippen LogP contribution in [-0.2, 0) is 16.0 Å². The number of amides is 3. The highest BCUT2D eigenvalue weighted by molar-refractivity contribution is 6.09. The molecule has 0 aromatic heterocycles. The number of aromatic hydroxyl groups is 2. The van der Waals surface area contributed by atoms with Gasteiger partial charge in [0.15, 0.2) is 5.78 Å². The summed E-state index contributed by atoms with van der Waals surface area (Å²) in [5, 5.41) is 47.6. The van der Waals surface area contributed by atoms with Gasteiger partial charge in [0.1, 0.15) is 22.8 Å². The first-order chi connectivity index (χ1) is 27.3. The lowest BCUT2D eigenvalue weighted by Gasteiger charge is -2.15. The summed E-state index contributed by atoms with van der Waals surface area (Å²) in [6.45, 7) is 2.93. The van der Waals surface area contributed by atoms with Crippen molar-refractivity contribution >= 4 is 52.3 Å². The molecule has 13 nitrogen and oxygen atoms in total. The van der Waals surface area contributed by atoms with Gasteiger partial charge in [-0.25, -0.2) is 4.79 Å². The smallest absolute Gasteiger partial charge is 0.339 e. The number of aromatic carboxylic acids is 1. The number of hydrogen-bond donors (Lipinski definition) is 6. The maximum absolute atomic E-state index is 13.2. The van der Waals surface area contributed by atoms with Crippen LogP contribution in [0.5, 0.6) is 11.5 Å². The third-order valence-corrected chi connectivity index (χ3v) is 10.4. The maximum Gasteiger partial charge on any atom is 0.339 e. The van der Waals surface area contributed by atoms with Crippen molar-refractivity contribution in [2.45, 2.75) is 71.6 Å². The van der Waals surface area contributed by atoms with Crippen LogP contribution in [0.25, 0.3) is 0 Å². The van der Waals surface area contributed by atoms with Gasteiger partial charge in [0.05, 0.1) is 17.6 Å². The van der Waals surface area contributed by atoms with Gasteiger partial charge in [-0.1, -0.05) is 49.9 Å². The molecule has 0 heterocycles. The van der Waals surface area contributed by atoms with Crippen LogP contribution in [0, 0.1) is 37.0 Å². The van der Waals surface area contributed by atoms with Crippen molar-refractivity contribution < 1.29 is 44.1 Å². The fraction of sp³-hybridized carbons (Fsp3) is 0.295. The Labute approximate surface area is 329 Å². The molecule has 0 radical (unpaired) electrons. The van der Waals surface area contributed by atoms with Crippen LogP contribution in [0.4, 0.5) is 17.1 Å². The first kappa shape index (κ1) is 41.4. The second kappa shape index (κ2) is 18.7. The molecule has 1 unspecified atom stereocenters. The zero-order valence-electron chi connectivity index (χ0n) is 31.7. The van der Waals surface area contributed by atoms with Gasteiger partial charge in [-0.05, 0) is 80.8 Å². The monoisotopic (exact) mass is 772 g/mol. The lowest BCUT2D eigenvalue weighted by atomic mass is 9.90. The molecule has 1 saturated carbocycles. The first-order valence-corrected chi connectivity index (χ1v) is 18.7. The van der Waals surface area contributed by atoms with E-state index in [9.17, 15) is 49.3 Å². The number of phenolic OH excluding ortho intramolecular Hbond substituents is 1. The van der Waals surface area contributed by atoms with E-state index >= 15 is 0 Å². The number of rotatable bonds is 14. The van der Waals surface area contributed by atoms with Crippen molar-refractivity contribution in [3.05, 3.63) is 112 Å². The van der Waals surface area contributed by atoms with E-state index in [1.54, 1.807) is 24.3 Å². The summed E-state index contributed by atoms with van der Waals surface area (Å²) in [4.78, 5) is 76.5. The van der Waals surface area contributed by atoms with E-state index in [2.05, 4.69) is 16.0 Å². The van der Waals surface area contributed by atoms with Crippen LogP contribution in [0.15, 0.2) is 72.8 Å². The predicted octanol–water partition coefficient (Wildman–Crippen LogP) is 7.74. The van der Waals surface area contributed by atoms with Gasteiger partial charge in [0, 0.05) is 64.5 Å². The van der Waals surface area contributed by atoms with Gasteiger partial charge in [-0.15, -0.1) is 0 Å². The highest BCUT2D eigenvalue weighted by Crippen LogP contribution is 2.33. The number of phenols is 2. The minimum Gasteiger partial charge on any atom is -0.507 e. The van der Waals surface area contributed by atoms with Crippen LogP contribution in [0.3, 0.4) is 0 Å². The van der Waals surface area contributed by atoms with Gasteiger partial charge < -0.3 is 31.3 Å². The number of benzene rings is 4. The van der Waals surface area contributed by atoms with Gasteiger partial charge in [-0.2, -0.15) is 5.26 Å². The highest BCUT2D eigenvalue weighted by atomic mass is 16.4. The van der Waals surface area contributed by atoms with E-state index in [1.807, 2.05) is 6.07 Å². The number of carbonyl (C=O) groups is 6. The molecule has 1 fully saturated rings. The Morgan fingerprint density at radius 1 is 0.702 bits per heavy atom. The van der Waals surface area contributed by atoms with Gasteiger partial charge in [0.2, 0.25) is 5.91 Å². The number of hydrogen-bond acceptors (Lipinski definition) is 9. The topological polar surface area (TPSA) is 223 Å². The van der Waals surface area contributed by atoms with Crippen LogP contribution in [-0.4, -0.2) is 50.6 Å². The Hall–Kier alpha value is -6.81. The quantitative estimate of drug-likeness (QED) is 0.0540. The Bertz CT molecular complexity index is 2230. The molecule has 5 rings (SSSR count). The molecule has 6 N–H and O–H groups in total. The third-order valence-electron chi connectivity index (χ3n) is 10.4. The normalized spacial score (nSPS) is 13.4. The Balaban J connectivity index is 1.16. The van der Waals surface area contributed by atoms with Crippen molar-refractivity contribution in [2.24, 2.45) is 11.8 Å². The molecule has 1 atom stereocenters. The van der Waals surface area contributed by atoms with Crippen molar-refractivity contribution in [3.8, 4) is 17.6 Å². The van der Waals surface area contributed by atoms with Crippen molar-refractivity contribution in [3.63, 3.8) is 0 Å². The second-order valence-corrected chi connectivity index (χ2v) is 14.3. The molecule has 294 valence electrons. The first-order valence-electron chi connectivity index (χ1n) is 18.7. The molecule has 0 saturated heterocycles. The molecule has 0 spiro atoms. The summed E-state index contributed by atoms with van der Waals surface area (Å²) in [5.74, 6) is -4.99. The number of carbonyl (C=O) groups excluding carboxylic acids is 5. The van der Waals surface area contributed by atoms with Gasteiger partial charge in [-0.3, -0.25) is 24.0 Å². The van der Waals surface area contributed by atoms with Crippen molar-refractivity contribution in [1.82, 2.24) is 0 Å². The predicted molar refractivity (Wildman–Crippen MR) is 213 cm³/mol. The number of carboxylic acid groups (broad SMARTS) is 1. The van der Waals surface area contributed by atoms with E-state index < -0.39 is 41.1 Å². The standard InChI is InChI=1S/C44H44N4O9/c1-25-35(19-17-33(39(25)51)43(55)48-36-20-18-34(44(56)57)40(52)26(36)2)47-41(53)30-13-15-32(16-14-30)46-42(54)31(21-22-45)24-38(50)29-11-9-27(10-12-29)23-37(49)28-7-5-3-4-6-8-28/h9-20,28,31,51-52H,3-8,21,23-24H2,1-2H3,(H,46,54)(H,47,53)(H,48,55)(H,56,57). The molecule has 4 aromatic rings. The van der Waals surface area contributed by atoms with Crippen molar-refractivity contribution in [2.75, 3.05) is 16.0 Å². The molecule has 0 aliphatic heterocycles. The summed E-state index contributed by atoms with van der Waals surface area (Å²) in [6.07, 6.45) is 6.27. The molecular weight excluding hydrogens is 729 g/mol. The van der Waals surface area contributed by atoms with Crippen LogP contribution >= 0.6 is 0 Å². The average Bonchev–Trinajstić information content (AvgIpc) is 3.49. The van der Waals surface area contributed by atoms with Crippen molar-refractivity contribution in [1.29, 1.82) is 5.26 Å². The van der Waals surface area contributed by atoms with E-state index in [-0.39, 0.29) is 69.5 Å². The fourth-order valence-electron chi connectivity index (χ4n) is 6.83. The van der Waals surface area contributed by atoms with E-state index in [0.717, 1.165) is 37.3 Å². The molecule has 3 amide bonds. The largest absolute Gasteiger partial charge is 0.507 e. The zero-order valence-corrected chi connectivity index (χ0v) is 31.7. The molecule has 4 aromatic carbocycles. The number of nitriles is 1. The van der Waals surface area contributed by atoms with Gasteiger partial charge >= 0.3 is 5.97 Å². The number of anilines is 3. The summed E-state index contributed by atoms with van der Waals surface area (Å²) < 4.78 is 0. The van der Waals surface area contributed by atoms with Crippen LogP contribution in [0.1, 0.15) is 109 Å². The minimum atomic E-state index is -1.33. The zero-order chi connectivity index (χ0) is 41.2. The molecule has 57 heavy (non-hydrogen) atoms. The number of nitrogens with zero attached hydrogens (tertiary/aromatic N) is 1. The summed E-state index contributed by atoms with van der Waals surface area (Å²) in [5.41, 5.74) is 1.96. The number of nitrogens with one attached hydrogen (secondary N) is 3. The van der Waals surface area contributed by atoms with E-state index in [0.29, 0.717) is 17.7 Å². The number of ketones is 2. The molecule has 13 heteroatoms. The molecular formula is C44H44N4O9. The number of Topliss-reactive ketones (excluding diaryl/α,β-unsaturated/α-hetero) is 2. The molecule has 1 aliphatic rings. The third kappa shape index (κ3) is 10.3. The lowest BCUT2D eigenvalue weighted by molar-refractivity contribution is -0.122. The Kier molecular flexibility index (Phi) is 13.6. The van der Waals surface area contributed by atoms with E-state index in [1.165, 1.54) is 69.2 Å². The summed E-state index contributed by atoms with van der Waals surface area (Å²) >= 11 is 0. The average molecular weight is 773 g/mol. The maximum atomic E-state index is 13.2. The molecule has 1 aliphatic carbocycles. The molecule has 0 bridgehead atoms. The van der Waals surface area contributed by atoms with Crippen LogP contribution in [0.2, 0.25) is 0 Å². The summed E-state index contributed by atoms with van der Waals surface area (Å²) in [6, 6.07) is 19.9. The minimum absolute atomic E-state index is 0.0873. The van der Waals surface area contributed by atoms with Gasteiger partial charge in [0.25, 0.3) is 11.8 Å². The summed E-state index contributed by atoms with van der Waals surface area (Å²) in [7, 11) is 0. The Morgan fingerprint density at radius 3 is 1.82 bits per heavy atom. The lowest BCUT2D eigenvalue weighted by Crippen LogP contribution is -2.25. The SMILES string of the molecule is Cc1c(NC(=O)c2ccc(NC(=O)c3ccc(NC(=O)C(CC#N)CC(=O)c4ccc(CC(=O)C5CCCCCC5)cc4)cc3)c(C)c2O)ccc(C(=O)O)c1O. The fourth-order valence-corrected chi connectivity index (χ4v) is 6.83. The Morgan fingerprint density at radius 2 is 1.25 bits per heavy atom. The number of carboxylic acids is 1. The van der Waals surface area contributed by atoms with E-state index in [4.69, 9.17) is 0 Å². The highest BCUT2D eigenvalue weighted by Gasteiger charge is 2.25. The van der Waals surface area contributed by atoms with Crippen LogP contribution < -0.4 is 16.0 Å². The second-order valence-electron chi connectivity index (χ2n) is 14.3.